The number of azide groups is 1. The summed E-state index contributed by atoms with van der Waals surface area (Å²) in [5, 5.41) is 12.8. The topological polar surface area (TPSA) is 105 Å². The van der Waals surface area contributed by atoms with Crippen molar-refractivity contribution >= 4 is 6.29 Å². The Morgan fingerprint density at radius 3 is 2.94 bits per heavy atom. The minimum absolute atomic E-state index is 0.0892. The zero-order valence-corrected chi connectivity index (χ0v) is 9.65. The number of carbonyl (C=O) groups excluding carboxylic acids is 1. The number of nitrogens with zero attached hydrogens (tertiary/aromatic N) is 3. The second-order valence-electron chi connectivity index (χ2n) is 3.23. The van der Waals surface area contributed by atoms with Crippen molar-refractivity contribution in [3.63, 3.8) is 0 Å². The Morgan fingerprint density at radius 2 is 2.22 bits per heavy atom. The fourth-order valence-electron chi connectivity index (χ4n) is 1.25. The van der Waals surface area contributed by atoms with Gasteiger partial charge in [-0.05, 0) is 17.7 Å². The van der Waals surface area contributed by atoms with E-state index < -0.39 is 0 Å². The Bertz CT molecular complexity index is 444. The highest BCUT2D eigenvalue weighted by Gasteiger charge is 2.07. The van der Waals surface area contributed by atoms with Gasteiger partial charge in [0, 0.05) is 11.5 Å². The Kier molecular flexibility index (Phi) is 6.10. The van der Waals surface area contributed by atoms with E-state index in [9.17, 15) is 9.90 Å². The second kappa shape index (κ2) is 7.94. The largest absolute Gasteiger partial charge is 0.504 e. The minimum Gasteiger partial charge on any atom is -0.504 e. The molecule has 0 radical (unpaired) electrons. The van der Waals surface area contributed by atoms with Crippen molar-refractivity contribution in [3.8, 4) is 11.5 Å². The van der Waals surface area contributed by atoms with Gasteiger partial charge in [0.2, 0.25) is 0 Å². The van der Waals surface area contributed by atoms with Crippen LogP contribution in [-0.2, 0) is 4.74 Å². The molecule has 0 aliphatic heterocycles. The molecule has 0 atom stereocenters. The molecule has 0 bridgehead atoms. The predicted octanol–water partition coefficient (Wildman–Crippen LogP) is 1.91. The maximum atomic E-state index is 10.7. The van der Waals surface area contributed by atoms with Crippen molar-refractivity contribution < 1.29 is 19.4 Å². The minimum atomic E-state index is -0.0892. The van der Waals surface area contributed by atoms with Crippen molar-refractivity contribution in [2.75, 3.05) is 26.4 Å². The number of hydrogen-bond acceptors (Lipinski definition) is 5. The highest BCUT2D eigenvalue weighted by atomic mass is 16.5. The maximum Gasteiger partial charge on any atom is 0.171 e. The van der Waals surface area contributed by atoms with Crippen molar-refractivity contribution in [1.82, 2.24) is 0 Å². The van der Waals surface area contributed by atoms with E-state index in [2.05, 4.69) is 10.0 Å². The summed E-state index contributed by atoms with van der Waals surface area (Å²) >= 11 is 0. The molecule has 0 aromatic heterocycles. The van der Waals surface area contributed by atoms with Crippen LogP contribution in [-0.4, -0.2) is 37.8 Å². The van der Waals surface area contributed by atoms with Gasteiger partial charge in [-0.25, -0.2) is 0 Å². The average molecular weight is 251 g/mol. The van der Waals surface area contributed by atoms with E-state index >= 15 is 0 Å². The van der Waals surface area contributed by atoms with Crippen molar-refractivity contribution in [3.05, 3.63) is 34.2 Å². The Morgan fingerprint density at radius 1 is 1.39 bits per heavy atom. The van der Waals surface area contributed by atoms with Crippen LogP contribution in [0.2, 0.25) is 0 Å². The van der Waals surface area contributed by atoms with Crippen LogP contribution in [0.4, 0.5) is 0 Å². The van der Waals surface area contributed by atoms with Crippen molar-refractivity contribution in [1.29, 1.82) is 0 Å². The molecular weight excluding hydrogens is 238 g/mol. The summed E-state index contributed by atoms with van der Waals surface area (Å²) in [5.41, 5.74) is 8.30. The zero-order chi connectivity index (χ0) is 13.2. The molecule has 1 N–H and O–H groups in total. The van der Waals surface area contributed by atoms with Crippen molar-refractivity contribution in [2.45, 2.75) is 0 Å². The summed E-state index contributed by atoms with van der Waals surface area (Å²) in [6.45, 7) is 1.02. The lowest BCUT2D eigenvalue weighted by Gasteiger charge is -2.09. The third kappa shape index (κ3) is 4.32. The summed E-state index contributed by atoms with van der Waals surface area (Å²) in [5.74, 6) is 0.0554. The molecule has 0 heterocycles. The number of aldehydes is 1. The fourth-order valence-corrected chi connectivity index (χ4v) is 1.25. The number of rotatable bonds is 8. The van der Waals surface area contributed by atoms with Crippen LogP contribution in [0.5, 0.6) is 11.5 Å². The van der Waals surface area contributed by atoms with E-state index in [1.54, 1.807) is 12.1 Å². The number of carbonyl (C=O) groups is 1. The fraction of sp³-hybridized carbons (Fsp3) is 0.364. The molecule has 0 spiro atoms. The number of hydrogen-bond donors (Lipinski definition) is 1. The highest BCUT2D eigenvalue weighted by Crippen LogP contribution is 2.28. The van der Waals surface area contributed by atoms with Gasteiger partial charge in [-0.15, -0.1) is 0 Å². The molecule has 1 aromatic carbocycles. The first kappa shape index (κ1) is 13.8. The lowest BCUT2D eigenvalue weighted by Crippen LogP contribution is -2.09. The van der Waals surface area contributed by atoms with Crippen LogP contribution in [0, 0.1) is 0 Å². The summed E-state index contributed by atoms with van der Waals surface area (Å²) in [7, 11) is 0. The van der Waals surface area contributed by atoms with Crippen molar-refractivity contribution in [2.24, 2.45) is 5.11 Å². The Hall–Kier alpha value is -2.24. The summed E-state index contributed by atoms with van der Waals surface area (Å²) in [6.07, 6.45) is 0.609. The van der Waals surface area contributed by atoms with E-state index in [0.29, 0.717) is 12.9 Å². The first-order chi connectivity index (χ1) is 8.79. The normalized spacial score (nSPS) is 9.56. The average Bonchev–Trinajstić information content (AvgIpc) is 2.39. The van der Waals surface area contributed by atoms with E-state index in [1.165, 1.54) is 6.07 Å². The van der Waals surface area contributed by atoms with Gasteiger partial charge in [0.25, 0.3) is 0 Å². The lowest BCUT2D eigenvalue weighted by molar-refractivity contribution is 0.102. The molecule has 0 unspecified atom stereocenters. The van der Waals surface area contributed by atoms with Crippen LogP contribution in [0.1, 0.15) is 10.4 Å². The molecule has 0 fully saturated rings. The number of para-hydroxylation sites is 1. The number of aromatic hydroxyl groups is 1. The molecule has 7 nitrogen and oxygen atoms in total. The maximum absolute atomic E-state index is 10.7. The van der Waals surface area contributed by atoms with Gasteiger partial charge in [-0.2, -0.15) is 0 Å². The number of phenolic OH excluding ortho intramolecular Hbond substituents is 1. The Balaban J connectivity index is 2.35. The van der Waals surface area contributed by atoms with Gasteiger partial charge >= 0.3 is 0 Å². The molecule has 96 valence electrons. The van der Waals surface area contributed by atoms with Crippen LogP contribution in [0.15, 0.2) is 23.3 Å². The molecular formula is C11H13N3O4. The molecule has 0 aliphatic rings. The number of phenols is 1. The highest BCUT2D eigenvalue weighted by molar-refractivity contribution is 5.80. The summed E-state index contributed by atoms with van der Waals surface area (Å²) < 4.78 is 10.4. The quantitative estimate of drug-likeness (QED) is 0.250. The van der Waals surface area contributed by atoms with Gasteiger partial charge < -0.3 is 14.6 Å². The number of ether oxygens (including phenoxy) is 2. The van der Waals surface area contributed by atoms with E-state index in [-0.39, 0.29) is 36.8 Å². The monoisotopic (exact) mass is 251 g/mol. The van der Waals surface area contributed by atoms with Gasteiger partial charge in [0.05, 0.1) is 18.8 Å². The van der Waals surface area contributed by atoms with Crippen LogP contribution >= 0.6 is 0 Å². The standard InChI is InChI=1S/C11H13N3O4/c12-14-13-4-5-17-6-7-18-11-9(8-15)2-1-3-10(11)16/h1-3,8,16H,4-7H2. The van der Waals surface area contributed by atoms with Gasteiger partial charge in [-0.1, -0.05) is 11.2 Å². The van der Waals surface area contributed by atoms with Gasteiger partial charge in [0.15, 0.2) is 17.8 Å². The zero-order valence-electron chi connectivity index (χ0n) is 9.65. The Labute approximate surface area is 104 Å². The first-order valence-corrected chi connectivity index (χ1v) is 5.28. The van der Waals surface area contributed by atoms with E-state index in [1.807, 2.05) is 0 Å². The summed E-state index contributed by atoms with van der Waals surface area (Å²) in [4.78, 5) is 13.3. The SMILES string of the molecule is [N-]=[N+]=NCCOCCOc1c(O)cccc1C=O. The molecule has 0 saturated carbocycles. The van der Waals surface area contributed by atoms with Crippen LogP contribution in [0.3, 0.4) is 0 Å². The van der Waals surface area contributed by atoms with E-state index in [4.69, 9.17) is 15.0 Å². The summed E-state index contributed by atoms with van der Waals surface area (Å²) in [6, 6.07) is 4.54. The second-order valence-corrected chi connectivity index (χ2v) is 3.23. The molecule has 0 amide bonds. The van der Waals surface area contributed by atoms with Crippen LogP contribution < -0.4 is 4.74 Å². The predicted molar refractivity (Wildman–Crippen MR) is 63.8 cm³/mol. The smallest absolute Gasteiger partial charge is 0.171 e. The molecule has 7 heteroatoms. The van der Waals surface area contributed by atoms with Crippen LogP contribution in [0.25, 0.3) is 10.4 Å². The third-order valence-electron chi connectivity index (χ3n) is 2.02. The lowest BCUT2D eigenvalue weighted by atomic mass is 10.2. The third-order valence-corrected chi connectivity index (χ3v) is 2.02. The molecule has 1 aromatic rings. The molecule has 1 rings (SSSR count). The molecule has 18 heavy (non-hydrogen) atoms. The number of benzene rings is 1. The molecule has 0 aliphatic carbocycles. The van der Waals surface area contributed by atoms with E-state index in [0.717, 1.165) is 0 Å². The molecule has 0 saturated heterocycles. The van der Waals surface area contributed by atoms with Gasteiger partial charge in [-0.3, -0.25) is 4.79 Å². The van der Waals surface area contributed by atoms with Gasteiger partial charge in [0.1, 0.15) is 6.61 Å². The first-order valence-electron chi connectivity index (χ1n) is 5.28.